The summed E-state index contributed by atoms with van der Waals surface area (Å²) >= 11 is 0. The van der Waals surface area contributed by atoms with Crippen LogP contribution in [0.25, 0.3) is 0 Å². The van der Waals surface area contributed by atoms with Gasteiger partial charge >= 0.3 is 17.9 Å². The fourth-order valence-electron chi connectivity index (χ4n) is 13.2. The molecule has 4 unspecified atom stereocenters. The third-order valence-electron chi connectivity index (χ3n) is 15.9. The number of ketones is 2. The van der Waals surface area contributed by atoms with Crippen LogP contribution < -0.4 is 0 Å². The molecule has 0 radical (unpaired) electrons. The number of hydrogen-bond donors (Lipinski definition) is 2. The van der Waals surface area contributed by atoms with Gasteiger partial charge < -0.3 is 47.5 Å². The van der Waals surface area contributed by atoms with Crippen molar-refractivity contribution in [3.05, 3.63) is 48.3 Å². The molecule has 4 aliphatic carbocycles. The van der Waals surface area contributed by atoms with Gasteiger partial charge in [-0.1, -0.05) is 27.7 Å². The molecule has 2 aromatic rings. The number of methoxy groups -OCH3 is 3. The van der Waals surface area contributed by atoms with E-state index in [2.05, 4.69) is 6.92 Å². The van der Waals surface area contributed by atoms with Crippen LogP contribution >= 0.6 is 0 Å². The normalized spacial score (nSPS) is 43.4. The number of hydrogen-bond acceptors (Lipinski definition) is 15. The molecule has 0 spiro atoms. The Morgan fingerprint density at radius 3 is 1.70 bits per heavy atom. The van der Waals surface area contributed by atoms with Crippen molar-refractivity contribution < 1.29 is 71.4 Å². The maximum atomic E-state index is 13.7. The molecular formula is C45H60O15. The number of fused-ring (bicyclic) bond motifs is 6. The van der Waals surface area contributed by atoms with Gasteiger partial charge in [0, 0.05) is 55.3 Å². The van der Waals surface area contributed by atoms with E-state index in [4.69, 9.17) is 37.3 Å². The molecule has 4 saturated carbocycles. The average molecular weight is 841 g/mol. The summed E-state index contributed by atoms with van der Waals surface area (Å²) in [4.78, 5) is 64.2. The number of rotatable bonds is 6. The highest BCUT2D eigenvalue weighted by atomic mass is 16.7. The number of carbonyl (C=O) groups excluding carboxylic acids is 5. The Kier molecular flexibility index (Phi) is 12.1. The first-order valence-corrected chi connectivity index (χ1v) is 21.0. The third-order valence-corrected chi connectivity index (χ3v) is 15.9. The first-order chi connectivity index (χ1) is 28.4. The van der Waals surface area contributed by atoms with E-state index in [-0.39, 0.29) is 48.3 Å². The van der Waals surface area contributed by atoms with Crippen molar-refractivity contribution in [3.63, 3.8) is 0 Å². The fraction of sp³-hybridized carbons (Fsp3) is 0.711. The van der Waals surface area contributed by atoms with Gasteiger partial charge in [0.25, 0.3) is 0 Å². The summed E-state index contributed by atoms with van der Waals surface area (Å²) in [6, 6.07) is 3.64. The highest BCUT2D eigenvalue weighted by molar-refractivity contribution is 5.92. The predicted molar refractivity (Wildman–Crippen MR) is 208 cm³/mol. The van der Waals surface area contributed by atoms with E-state index in [0.717, 1.165) is 17.5 Å². The summed E-state index contributed by atoms with van der Waals surface area (Å²) in [6.07, 6.45) is 5.85. The van der Waals surface area contributed by atoms with Crippen molar-refractivity contribution in [1.29, 1.82) is 0 Å². The molecule has 15 heteroatoms. The molecule has 0 bridgehead atoms. The topological polar surface area (TPSA) is 207 Å². The van der Waals surface area contributed by atoms with Crippen LogP contribution in [-0.4, -0.2) is 85.8 Å². The Hall–Kier alpha value is -3.89. The van der Waals surface area contributed by atoms with Crippen molar-refractivity contribution in [3.8, 4) is 0 Å². The van der Waals surface area contributed by atoms with Crippen LogP contribution in [0.2, 0.25) is 0 Å². The first kappa shape index (κ1) is 44.2. The van der Waals surface area contributed by atoms with E-state index in [0.29, 0.717) is 32.1 Å². The molecule has 6 aliphatic rings. The van der Waals surface area contributed by atoms with E-state index in [1.807, 2.05) is 26.8 Å². The largest absolute Gasteiger partial charge is 0.472 e. The summed E-state index contributed by atoms with van der Waals surface area (Å²) in [5.41, 5.74) is -0.745. The number of ether oxygens (including phenoxy) is 6. The molecule has 330 valence electrons. The number of aliphatic hydroxyl groups is 2. The molecule has 8 rings (SSSR count). The minimum absolute atomic E-state index is 0.0127. The van der Waals surface area contributed by atoms with E-state index < -0.39 is 88.2 Å². The predicted octanol–water partition coefficient (Wildman–Crippen LogP) is 5.67. The van der Waals surface area contributed by atoms with E-state index in [1.165, 1.54) is 21.1 Å². The van der Waals surface area contributed by atoms with Gasteiger partial charge in [-0.3, -0.25) is 24.0 Å². The van der Waals surface area contributed by atoms with Gasteiger partial charge in [0.15, 0.2) is 30.3 Å². The Bertz CT molecular complexity index is 1910. The quantitative estimate of drug-likeness (QED) is 0.266. The van der Waals surface area contributed by atoms with Crippen molar-refractivity contribution in [2.75, 3.05) is 21.3 Å². The second-order valence-corrected chi connectivity index (χ2v) is 19.0. The van der Waals surface area contributed by atoms with Crippen molar-refractivity contribution in [2.24, 2.45) is 57.2 Å². The van der Waals surface area contributed by atoms with Crippen molar-refractivity contribution >= 4 is 29.5 Å². The van der Waals surface area contributed by atoms with Crippen molar-refractivity contribution in [1.82, 2.24) is 0 Å². The lowest BCUT2D eigenvalue weighted by molar-refractivity contribution is -0.282. The zero-order valence-electron chi connectivity index (χ0n) is 35.8. The Labute approximate surface area is 350 Å². The lowest BCUT2D eigenvalue weighted by atomic mass is 9.43. The lowest BCUT2D eigenvalue weighted by Gasteiger charge is -2.62. The minimum atomic E-state index is -1.16. The van der Waals surface area contributed by atoms with Crippen LogP contribution in [-0.2, 0) is 52.4 Å². The van der Waals surface area contributed by atoms with Gasteiger partial charge in [0.05, 0.1) is 63.3 Å². The number of furan rings is 2. The maximum Gasteiger partial charge on any atom is 0.309 e. The zero-order chi connectivity index (χ0) is 43.5. The molecule has 2 N–H and O–H groups in total. The Morgan fingerprint density at radius 2 is 1.20 bits per heavy atom. The van der Waals surface area contributed by atoms with E-state index in [9.17, 15) is 34.2 Å². The van der Waals surface area contributed by atoms with Gasteiger partial charge in [0.2, 0.25) is 0 Å². The first-order valence-electron chi connectivity index (χ1n) is 21.0. The molecule has 4 heterocycles. The average Bonchev–Trinajstić information content (AvgIpc) is 3.95. The number of esters is 3. The SMILES string of the molecule is COC(=O)[C@@H]1C[C@H](O)C(=O)C2[C@@]3(C)C[C@@H](c4ccoc4)OC(OC)[C@H]3CC[C@]21C.COC(=O)[C@@H]1C[C@H](OC(C)=O)C(=O)C2[C@@]1(C)CC[C@H]1C(O)O[C@H](c3ccoc3)C[C@]21C. The molecule has 2 aliphatic heterocycles. The maximum absolute atomic E-state index is 13.7. The van der Waals surface area contributed by atoms with Gasteiger partial charge in [-0.2, -0.15) is 0 Å². The van der Waals surface area contributed by atoms with Crippen LogP contribution in [0.4, 0.5) is 0 Å². The molecule has 16 atom stereocenters. The van der Waals surface area contributed by atoms with Crippen molar-refractivity contribution in [2.45, 2.75) is 123 Å². The Balaban J connectivity index is 0.000000182. The summed E-state index contributed by atoms with van der Waals surface area (Å²) in [5.74, 6) is -4.18. The molecular weight excluding hydrogens is 780 g/mol. The summed E-state index contributed by atoms with van der Waals surface area (Å²) in [6.45, 7) is 9.30. The van der Waals surface area contributed by atoms with E-state index in [1.54, 1.807) is 38.2 Å². The fourth-order valence-corrected chi connectivity index (χ4v) is 13.2. The number of Topliss-reactive ketones (excluding diaryl/α,β-unsaturated/α-hetero) is 2. The van der Waals surface area contributed by atoms with Crippen LogP contribution in [0, 0.1) is 57.2 Å². The highest BCUT2D eigenvalue weighted by Gasteiger charge is 2.69. The molecule has 2 saturated heterocycles. The van der Waals surface area contributed by atoms with Gasteiger partial charge in [-0.25, -0.2) is 0 Å². The molecule has 6 fully saturated rings. The van der Waals surface area contributed by atoms with E-state index >= 15 is 0 Å². The highest BCUT2D eigenvalue weighted by Crippen LogP contribution is 2.67. The third kappa shape index (κ3) is 7.15. The molecule has 2 aromatic heterocycles. The van der Waals surface area contributed by atoms with Gasteiger partial charge in [-0.05, 0) is 78.7 Å². The second-order valence-electron chi connectivity index (χ2n) is 19.0. The van der Waals surface area contributed by atoms with Gasteiger partial charge in [-0.15, -0.1) is 0 Å². The second kappa shape index (κ2) is 16.4. The van der Waals surface area contributed by atoms with Crippen LogP contribution in [0.3, 0.4) is 0 Å². The Morgan fingerprint density at radius 1 is 0.700 bits per heavy atom. The summed E-state index contributed by atoms with van der Waals surface area (Å²) in [5, 5.41) is 21.5. The lowest BCUT2D eigenvalue weighted by Crippen LogP contribution is -2.65. The molecule has 60 heavy (non-hydrogen) atoms. The van der Waals surface area contributed by atoms with Crippen LogP contribution in [0.1, 0.15) is 109 Å². The molecule has 0 amide bonds. The number of carbonyl (C=O) groups is 5. The van der Waals surface area contributed by atoms with Gasteiger partial charge in [0.1, 0.15) is 6.10 Å². The molecule has 0 aromatic carbocycles. The summed E-state index contributed by atoms with van der Waals surface area (Å²) < 4.78 is 43.8. The monoisotopic (exact) mass is 840 g/mol. The zero-order valence-corrected chi connectivity index (χ0v) is 35.8. The van der Waals surface area contributed by atoms with Crippen LogP contribution in [0.5, 0.6) is 0 Å². The minimum Gasteiger partial charge on any atom is -0.472 e. The smallest absolute Gasteiger partial charge is 0.309 e. The summed E-state index contributed by atoms with van der Waals surface area (Å²) in [7, 11) is 4.31. The standard InChI is InChI=1S/C23H30O8.C22H30O7/c1-12(24)30-16-9-15(20(26)28-4)22(2)7-5-14-21(27)31-17(13-6-8-29-11-13)10-23(14,3)19(22)18(16)25;1-21-7-5-13-20(27-4)29-16(12-6-8-28-11-12)10-22(13,2)18(21)17(24)15(23)9-14(21)19(25)26-3/h6,8,11,14-17,19,21,27H,5,7,9-10H2,1-4H3;6,8,11,13-16,18,20,23H,5,7,9-10H2,1-4H3/t14-,15-,16-,17-,19?,21?,22-,23-;13-,14+,15+,16+,18?,20?,21+,22+/m01/s1. The van der Waals surface area contributed by atoms with Crippen LogP contribution in [0.15, 0.2) is 46.0 Å². The number of aliphatic hydroxyl groups excluding tert-OH is 2. The molecule has 15 nitrogen and oxygen atoms in total.